The SMILES string of the molecule is COC(=O)/C(C)=C(/c1ccccc1)[C@H]1[C@@H](C(=O)OC)[C@H](C(=O)OC)C=NN1C. The third-order valence-electron chi connectivity index (χ3n) is 4.76. The third kappa shape index (κ3) is 4.05. The number of ether oxygens (including phenoxy) is 3. The molecular weight excluding hydrogens is 364 g/mol. The highest BCUT2D eigenvalue weighted by atomic mass is 16.5. The fourth-order valence-corrected chi connectivity index (χ4v) is 3.38. The van der Waals surface area contributed by atoms with Gasteiger partial charge in [0.15, 0.2) is 0 Å². The second-order valence-corrected chi connectivity index (χ2v) is 6.28. The standard InChI is InChI=1S/C20H24N2O6/c1-12(18(23)26-3)15(13-9-7-6-8-10-13)17-16(20(25)28-5)14(19(24)27-4)11-21-22(17)2/h6-11,14,16-17H,1-5H3/b15-12-/t14-,16+,17+/m1/s1. The van der Waals surface area contributed by atoms with E-state index in [0.717, 1.165) is 0 Å². The van der Waals surface area contributed by atoms with Crippen molar-refractivity contribution in [3.63, 3.8) is 0 Å². The Hall–Kier alpha value is -3.16. The number of nitrogens with zero attached hydrogens (tertiary/aromatic N) is 2. The van der Waals surface area contributed by atoms with Crippen LogP contribution in [0.5, 0.6) is 0 Å². The highest BCUT2D eigenvalue weighted by molar-refractivity contribution is 6.01. The summed E-state index contributed by atoms with van der Waals surface area (Å²) in [7, 11) is 5.44. The molecule has 0 radical (unpaired) electrons. The van der Waals surface area contributed by atoms with Crippen LogP contribution in [0, 0.1) is 11.8 Å². The zero-order valence-corrected chi connectivity index (χ0v) is 16.5. The summed E-state index contributed by atoms with van der Waals surface area (Å²) in [5, 5.41) is 5.79. The van der Waals surface area contributed by atoms with Crippen LogP contribution < -0.4 is 0 Å². The van der Waals surface area contributed by atoms with Crippen LogP contribution in [0.25, 0.3) is 5.57 Å². The predicted molar refractivity (Wildman–Crippen MR) is 102 cm³/mol. The molecule has 1 heterocycles. The Balaban J connectivity index is 2.74. The summed E-state index contributed by atoms with van der Waals surface area (Å²) in [6, 6.07) is 8.36. The second kappa shape index (κ2) is 9.16. The van der Waals surface area contributed by atoms with E-state index in [1.807, 2.05) is 30.3 Å². The summed E-state index contributed by atoms with van der Waals surface area (Å²) in [5.41, 5.74) is 1.54. The summed E-state index contributed by atoms with van der Waals surface area (Å²) in [5.74, 6) is -3.68. The van der Waals surface area contributed by atoms with Crippen LogP contribution in [0.2, 0.25) is 0 Å². The van der Waals surface area contributed by atoms with Crippen molar-refractivity contribution in [3.05, 3.63) is 41.5 Å². The van der Waals surface area contributed by atoms with Gasteiger partial charge in [0.05, 0.1) is 27.4 Å². The number of hydrogen-bond acceptors (Lipinski definition) is 8. The van der Waals surface area contributed by atoms with E-state index in [1.165, 1.54) is 32.6 Å². The molecule has 0 saturated carbocycles. The van der Waals surface area contributed by atoms with Crippen LogP contribution in [0.1, 0.15) is 12.5 Å². The molecule has 0 aliphatic carbocycles. The number of hydrazone groups is 1. The van der Waals surface area contributed by atoms with Crippen molar-refractivity contribution in [2.45, 2.75) is 13.0 Å². The van der Waals surface area contributed by atoms with Crippen molar-refractivity contribution in [3.8, 4) is 0 Å². The lowest BCUT2D eigenvalue weighted by molar-refractivity contribution is -0.157. The first-order chi connectivity index (χ1) is 13.4. The molecule has 8 nitrogen and oxygen atoms in total. The lowest BCUT2D eigenvalue weighted by Crippen LogP contribution is -2.50. The largest absolute Gasteiger partial charge is 0.469 e. The topological polar surface area (TPSA) is 94.5 Å². The number of likely N-dealkylation sites (N-methyl/N-ethyl adjacent to an activating group) is 1. The smallest absolute Gasteiger partial charge is 0.333 e. The molecule has 3 atom stereocenters. The van der Waals surface area contributed by atoms with Gasteiger partial charge < -0.3 is 14.2 Å². The van der Waals surface area contributed by atoms with Gasteiger partial charge in [-0.15, -0.1) is 0 Å². The van der Waals surface area contributed by atoms with Gasteiger partial charge in [-0.05, 0) is 18.1 Å². The van der Waals surface area contributed by atoms with Crippen molar-refractivity contribution >= 4 is 29.7 Å². The Morgan fingerprint density at radius 2 is 1.57 bits per heavy atom. The molecule has 8 heteroatoms. The number of carbonyl (C=O) groups is 3. The molecular formula is C20H24N2O6. The van der Waals surface area contributed by atoms with Crippen molar-refractivity contribution in [1.29, 1.82) is 0 Å². The molecule has 0 N–H and O–H groups in total. The molecule has 1 aromatic carbocycles. The number of esters is 3. The number of benzene rings is 1. The third-order valence-corrected chi connectivity index (χ3v) is 4.76. The van der Waals surface area contributed by atoms with Gasteiger partial charge in [-0.1, -0.05) is 30.3 Å². The van der Waals surface area contributed by atoms with Crippen molar-refractivity contribution in [2.24, 2.45) is 16.9 Å². The van der Waals surface area contributed by atoms with E-state index in [2.05, 4.69) is 5.10 Å². The Labute approximate surface area is 163 Å². The van der Waals surface area contributed by atoms with Gasteiger partial charge in [-0.25, -0.2) is 4.79 Å². The molecule has 2 rings (SSSR count). The van der Waals surface area contributed by atoms with Gasteiger partial charge in [-0.3, -0.25) is 14.6 Å². The monoisotopic (exact) mass is 388 g/mol. The lowest BCUT2D eigenvalue weighted by atomic mass is 9.78. The van der Waals surface area contributed by atoms with Crippen LogP contribution in [-0.2, 0) is 28.6 Å². The molecule has 0 spiro atoms. The fourth-order valence-electron chi connectivity index (χ4n) is 3.38. The first-order valence-electron chi connectivity index (χ1n) is 8.64. The minimum atomic E-state index is -0.963. The molecule has 0 saturated heterocycles. The average Bonchev–Trinajstić information content (AvgIpc) is 2.73. The highest BCUT2D eigenvalue weighted by Gasteiger charge is 2.47. The van der Waals surface area contributed by atoms with E-state index >= 15 is 0 Å². The van der Waals surface area contributed by atoms with Crippen molar-refractivity contribution in [2.75, 3.05) is 28.4 Å². The van der Waals surface area contributed by atoms with Crippen molar-refractivity contribution < 1.29 is 28.6 Å². The minimum absolute atomic E-state index is 0.306. The summed E-state index contributed by atoms with van der Waals surface area (Å²) in [6.45, 7) is 1.61. The van der Waals surface area contributed by atoms with Gasteiger partial charge in [0, 0.05) is 18.8 Å². The molecule has 150 valence electrons. The van der Waals surface area contributed by atoms with Crippen LogP contribution in [-0.4, -0.2) is 63.6 Å². The fraction of sp³-hybridized carbons (Fsp3) is 0.400. The number of hydrogen-bond donors (Lipinski definition) is 0. The normalized spacial score (nSPS) is 22.2. The van der Waals surface area contributed by atoms with Gasteiger partial charge >= 0.3 is 17.9 Å². The second-order valence-electron chi connectivity index (χ2n) is 6.28. The van der Waals surface area contributed by atoms with E-state index < -0.39 is 35.8 Å². The first-order valence-corrected chi connectivity index (χ1v) is 8.64. The summed E-state index contributed by atoms with van der Waals surface area (Å²) in [6.07, 6.45) is 1.36. The highest BCUT2D eigenvalue weighted by Crippen LogP contribution is 2.37. The molecule has 0 aromatic heterocycles. The maximum atomic E-state index is 12.7. The maximum absolute atomic E-state index is 12.7. The molecule has 0 unspecified atom stereocenters. The Bertz CT molecular complexity index is 802. The molecule has 0 amide bonds. The Kier molecular flexibility index (Phi) is 6.92. The molecule has 28 heavy (non-hydrogen) atoms. The van der Waals surface area contributed by atoms with E-state index in [0.29, 0.717) is 16.7 Å². The minimum Gasteiger partial charge on any atom is -0.469 e. The van der Waals surface area contributed by atoms with E-state index in [4.69, 9.17) is 14.2 Å². The zero-order chi connectivity index (χ0) is 20.8. The van der Waals surface area contributed by atoms with E-state index in [1.54, 1.807) is 14.0 Å². The average molecular weight is 388 g/mol. The van der Waals surface area contributed by atoms with Crippen LogP contribution >= 0.6 is 0 Å². The lowest BCUT2D eigenvalue weighted by Gasteiger charge is -2.39. The predicted octanol–water partition coefficient (Wildman–Crippen LogP) is 1.51. The molecule has 1 aliphatic heterocycles. The van der Waals surface area contributed by atoms with Gasteiger partial charge in [-0.2, -0.15) is 5.10 Å². The van der Waals surface area contributed by atoms with Crippen LogP contribution in [0.3, 0.4) is 0 Å². The molecule has 0 bridgehead atoms. The van der Waals surface area contributed by atoms with Gasteiger partial charge in [0.2, 0.25) is 0 Å². The Morgan fingerprint density at radius 3 is 2.11 bits per heavy atom. The van der Waals surface area contributed by atoms with Crippen LogP contribution in [0.15, 0.2) is 41.0 Å². The van der Waals surface area contributed by atoms with Crippen LogP contribution in [0.4, 0.5) is 0 Å². The summed E-state index contributed by atoms with van der Waals surface area (Å²) in [4.78, 5) is 37.4. The zero-order valence-electron chi connectivity index (χ0n) is 16.5. The van der Waals surface area contributed by atoms with E-state index in [9.17, 15) is 14.4 Å². The first kappa shape index (κ1) is 21.1. The number of rotatable bonds is 5. The maximum Gasteiger partial charge on any atom is 0.333 e. The van der Waals surface area contributed by atoms with Gasteiger partial charge in [0.25, 0.3) is 0 Å². The summed E-state index contributed by atoms with van der Waals surface area (Å²) >= 11 is 0. The van der Waals surface area contributed by atoms with Crippen molar-refractivity contribution in [1.82, 2.24) is 5.01 Å². The number of methoxy groups -OCH3 is 3. The Morgan fingerprint density at radius 1 is 0.964 bits per heavy atom. The quantitative estimate of drug-likeness (QED) is 0.429. The summed E-state index contributed by atoms with van der Waals surface area (Å²) < 4.78 is 14.7. The molecule has 0 fully saturated rings. The molecule has 1 aromatic rings. The van der Waals surface area contributed by atoms with E-state index in [-0.39, 0.29) is 0 Å². The molecule has 1 aliphatic rings. The number of carbonyl (C=O) groups excluding carboxylic acids is 3. The van der Waals surface area contributed by atoms with Gasteiger partial charge in [0.1, 0.15) is 11.8 Å².